The average Bonchev–Trinajstić information content (AvgIpc) is 3.01. The minimum atomic E-state index is -0.117. The van der Waals surface area contributed by atoms with E-state index in [1.54, 1.807) is 10.9 Å². The predicted octanol–water partition coefficient (Wildman–Crippen LogP) is 1.68. The zero-order valence-electron chi connectivity index (χ0n) is 12.8. The highest BCUT2D eigenvalue weighted by atomic mass is 16.5. The van der Waals surface area contributed by atoms with Gasteiger partial charge in [0.15, 0.2) is 0 Å². The maximum Gasteiger partial charge on any atom is 0.256 e. The van der Waals surface area contributed by atoms with E-state index in [4.69, 9.17) is 4.74 Å². The van der Waals surface area contributed by atoms with Gasteiger partial charge in [0.05, 0.1) is 24.9 Å². The summed E-state index contributed by atoms with van der Waals surface area (Å²) in [5, 5.41) is 7.24. The highest BCUT2D eigenvalue weighted by Gasteiger charge is 2.27. The monoisotopic (exact) mass is 300 g/mol. The number of aromatic nitrogens is 2. The van der Waals surface area contributed by atoms with Crippen molar-refractivity contribution >= 4 is 11.6 Å². The van der Waals surface area contributed by atoms with Gasteiger partial charge >= 0.3 is 0 Å². The summed E-state index contributed by atoms with van der Waals surface area (Å²) in [7, 11) is 3.70. The van der Waals surface area contributed by atoms with Crippen LogP contribution in [-0.2, 0) is 11.8 Å². The fourth-order valence-corrected chi connectivity index (χ4v) is 2.70. The van der Waals surface area contributed by atoms with Crippen LogP contribution in [0.25, 0.3) is 0 Å². The van der Waals surface area contributed by atoms with Crippen molar-refractivity contribution in [2.45, 2.75) is 6.10 Å². The van der Waals surface area contributed by atoms with Gasteiger partial charge in [-0.2, -0.15) is 5.10 Å². The lowest BCUT2D eigenvalue weighted by Gasteiger charge is -2.33. The molecule has 0 saturated carbocycles. The highest BCUT2D eigenvalue weighted by Crippen LogP contribution is 2.24. The molecular formula is C16H20N4O2. The van der Waals surface area contributed by atoms with Crippen molar-refractivity contribution in [3.63, 3.8) is 0 Å². The summed E-state index contributed by atoms with van der Waals surface area (Å²) in [6.07, 6.45) is 3.61. The first-order valence-electron chi connectivity index (χ1n) is 7.35. The van der Waals surface area contributed by atoms with E-state index in [1.165, 1.54) is 0 Å². The van der Waals surface area contributed by atoms with Crippen LogP contribution in [0.15, 0.2) is 36.7 Å². The van der Waals surface area contributed by atoms with Gasteiger partial charge in [-0.3, -0.25) is 9.48 Å². The Balaban J connectivity index is 1.78. The number of hydrogen-bond donors (Lipinski definition) is 1. The SMILES string of the molecule is CNc1ccccc1C(=O)N1CCOC(c2cnn(C)c2)C1. The zero-order valence-corrected chi connectivity index (χ0v) is 12.8. The number of nitrogens with one attached hydrogen (secondary N) is 1. The molecule has 1 saturated heterocycles. The number of hydrogen-bond acceptors (Lipinski definition) is 4. The number of nitrogens with zero attached hydrogens (tertiary/aromatic N) is 3. The molecule has 0 aliphatic carbocycles. The molecule has 0 spiro atoms. The van der Waals surface area contributed by atoms with Crippen LogP contribution in [0.1, 0.15) is 22.0 Å². The number of carbonyl (C=O) groups excluding carboxylic acids is 1. The van der Waals surface area contributed by atoms with Crippen molar-refractivity contribution in [1.29, 1.82) is 0 Å². The maximum atomic E-state index is 12.8. The Bertz CT molecular complexity index is 668. The van der Waals surface area contributed by atoms with Crippen LogP contribution >= 0.6 is 0 Å². The Kier molecular flexibility index (Phi) is 4.11. The molecule has 6 nitrogen and oxygen atoms in total. The number of morpholine rings is 1. The summed E-state index contributed by atoms with van der Waals surface area (Å²) in [6, 6.07) is 7.56. The van der Waals surface area contributed by atoms with E-state index < -0.39 is 0 Å². The van der Waals surface area contributed by atoms with Crippen LogP contribution in [0.2, 0.25) is 0 Å². The number of benzene rings is 1. The van der Waals surface area contributed by atoms with Crippen LogP contribution < -0.4 is 5.32 Å². The zero-order chi connectivity index (χ0) is 15.5. The first-order chi connectivity index (χ1) is 10.7. The van der Waals surface area contributed by atoms with Crippen LogP contribution in [-0.4, -0.2) is 47.3 Å². The van der Waals surface area contributed by atoms with Gasteiger partial charge in [-0.05, 0) is 12.1 Å². The minimum absolute atomic E-state index is 0.0298. The standard InChI is InChI=1S/C16H20N4O2/c1-17-14-6-4-3-5-13(14)16(21)20-7-8-22-15(11-20)12-9-18-19(2)10-12/h3-6,9-10,15,17H,7-8,11H2,1-2H3. The van der Waals surface area contributed by atoms with E-state index in [1.807, 2.05) is 49.5 Å². The molecule has 22 heavy (non-hydrogen) atoms. The number of para-hydroxylation sites is 1. The van der Waals surface area contributed by atoms with E-state index in [0.29, 0.717) is 25.3 Å². The summed E-state index contributed by atoms with van der Waals surface area (Å²) >= 11 is 0. The molecule has 1 aliphatic rings. The quantitative estimate of drug-likeness (QED) is 0.937. The summed E-state index contributed by atoms with van der Waals surface area (Å²) in [5.74, 6) is 0.0298. The summed E-state index contributed by atoms with van der Waals surface area (Å²) in [4.78, 5) is 14.6. The molecule has 0 radical (unpaired) electrons. The second-order valence-corrected chi connectivity index (χ2v) is 5.35. The van der Waals surface area contributed by atoms with Gasteiger partial charge in [-0.1, -0.05) is 12.1 Å². The molecule has 1 amide bonds. The molecule has 3 rings (SSSR count). The van der Waals surface area contributed by atoms with Crippen molar-refractivity contribution in [2.24, 2.45) is 7.05 Å². The molecule has 1 aromatic carbocycles. The van der Waals surface area contributed by atoms with Gasteiger partial charge in [0.25, 0.3) is 5.91 Å². The van der Waals surface area contributed by atoms with E-state index in [0.717, 1.165) is 11.3 Å². The minimum Gasteiger partial charge on any atom is -0.387 e. The van der Waals surface area contributed by atoms with Gasteiger partial charge in [0, 0.05) is 38.1 Å². The molecule has 1 fully saturated rings. The number of aryl methyl sites for hydroxylation is 1. The topological polar surface area (TPSA) is 59.4 Å². The lowest BCUT2D eigenvalue weighted by atomic mass is 10.1. The van der Waals surface area contributed by atoms with Gasteiger partial charge < -0.3 is 15.0 Å². The lowest BCUT2D eigenvalue weighted by Crippen LogP contribution is -2.42. The largest absolute Gasteiger partial charge is 0.387 e. The van der Waals surface area contributed by atoms with E-state index in [-0.39, 0.29) is 12.0 Å². The van der Waals surface area contributed by atoms with Crippen LogP contribution in [0.5, 0.6) is 0 Å². The third-order valence-corrected chi connectivity index (χ3v) is 3.88. The van der Waals surface area contributed by atoms with Gasteiger partial charge in [0.2, 0.25) is 0 Å². The molecule has 6 heteroatoms. The predicted molar refractivity (Wildman–Crippen MR) is 83.8 cm³/mol. The van der Waals surface area contributed by atoms with Crippen molar-refractivity contribution in [1.82, 2.24) is 14.7 Å². The van der Waals surface area contributed by atoms with Gasteiger partial charge in [-0.15, -0.1) is 0 Å². The number of amides is 1. The molecule has 1 unspecified atom stereocenters. The van der Waals surface area contributed by atoms with Crippen molar-refractivity contribution < 1.29 is 9.53 Å². The molecule has 1 aromatic heterocycles. The Morgan fingerprint density at radius 2 is 2.23 bits per heavy atom. The number of carbonyl (C=O) groups is 1. The van der Waals surface area contributed by atoms with Crippen LogP contribution in [0, 0.1) is 0 Å². The van der Waals surface area contributed by atoms with E-state index in [2.05, 4.69) is 10.4 Å². The Morgan fingerprint density at radius 1 is 1.41 bits per heavy atom. The highest BCUT2D eigenvalue weighted by molar-refractivity contribution is 5.99. The van der Waals surface area contributed by atoms with Crippen molar-refractivity contribution in [2.75, 3.05) is 32.1 Å². The maximum absolute atomic E-state index is 12.8. The molecule has 116 valence electrons. The fourth-order valence-electron chi connectivity index (χ4n) is 2.70. The van der Waals surface area contributed by atoms with Crippen LogP contribution in [0.4, 0.5) is 5.69 Å². The second-order valence-electron chi connectivity index (χ2n) is 5.35. The second kappa shape index (κ2) is 6.19. The van der Waals surface area contributed by atoms with Crippen molar-refractivity contribution in [3.05, 3.63) is 47.8 Å². The molecule has 2 heterocycles. The van der Waals surface area contributed by atoms with E-state index >= 15 is 0 Å². The first kappa shape index (κ1) is 14.6. The molecule has 1 aliphatic heterocycles. The van der Waals surface area contributed by atoms with Gasteiger partial charge in [-0.25, -0.2) is 0 Å². The Labute approximate surface area is 129 Å². The Hall–Kier alpha value is -2.34. The molecule has 2 aromatic rings. The number of ether oxygens (including phenoxy) is 1. The van der Waals surface area contributed by atoms with Crippen LogP contribution in [0.3, 0.4) is 0 Å². The molecular weight excluding hydrogens is 280 g/mol. The fraction of sp³-hybridized carbons (Fsp3) is 0.375. The normalized spacial score (nSPS) is 18.3. The molecule has 1 atom stereocenters. The number of anilines is 1. The number of rotatable bonds is 3. The summed E-state index contributed by atoms with van der Waals surface area (Å²) in [6.45, 7) is 1.68. The van der Waals surface area contributed by atoms with Gasteiger partial charge in [0.1, 0.15) is 6.10 Å². The average molecular weight is 300 g/mol. The first-order valence-corrected chi connectivity index (χ1v) is 7.35. The molecule has 1 N–H and O–H groups in total. The Morgan fingerprint density at radius 3 is 2.95 bits per heavy atom. The summed E-state index contributed by atoms with van der Waals surface area (Å²) in [5.41, 5.74) is 2.54. The summed E-state index contributed by atoms with van der Waals surface area (Å²) < 4.78 is 7.53. The third kappa shape index (κ3) is 2.82. The third-order valence-electron chi connectivity index (χ3n) is 3.88. The smallest absolute Gasteiger partial charge is 0.256 e. The molecule has 0 bridgehead atoms. The van der Waals surface area contributed by atoms with Crippen molar-refractivity contribution in [3.8, 4) is 0 Å². The lowest BCUT2D eigenvalue weighted by molar-refractivity contribution is -0.0228. The van der Waals surface area contributed by atoms with E-state index in [9.17, 15) is 4.79 Å².